The molecule has 1 N–H and O–H groups in total. The molecule has 1 atom stereocenters. The molecule has 0 bridgehead atoms. The number of non-ortho nitro benzene ring substituents is 1. The van der Waals surface area contributed by atoms with Gasteiger partial charge in [0.05, 0.1) is 15.9 Å². The van der Waals surface area contributed by atoms with E-state index in [1.54, 1.807) is 0 Å². The van der Waals surface area contributed by atoms with Gasteiger partial charge in [-0.2, -0.15) is 0 Å². The van der Waals surface area contributed by atoms with Gasteiger partial charge in [0.25, 0.3) is 5.69 Å². The average molecular weight is 362 g/mol. The van der Waals surface area contributed by atoms with Crippen LogP contribution in [0.2, 0.25) is 0 Å². The van der Waals surface area contributed by atoms with Gasteiger partial charge in [-0.1, -0.05) is 18.2 Å². The summed E-state index contributed by atoms with van der Waals surface area (Å²) in [6.07, 6.45) is 0.468. The van der Waals surface area contributed by atoms with Gasteiger partial charge >= 0.3 is 0 Å². The minimum Gasteiger partial charge on any atom is -0.487 e. The maximum absolute atomic E-state index is 12.7. The van der Waals surface area contributed by atoms with E-state index in [1.807, 2.05) is 38.1 Å². The molecule has 7 nitrogen and oxygen atoms in total. The molecule has 0 fully saturated rings. The Bertz CT molecular complexity index is 907. The fourth-order valence-electron chi connectivity index (χ4n) is 2.91. The Labute approximate surface area is 145 Å². The van der Waals surface area contributed by atoms with E-state index in [4.69, 9.17) is 4.74 Å². The predicted octanol–water partition coefficient (Wildman–Crippen LogP) is 3.18. The van der Waals surface area contributed by atoms with Gasteiger partial charge in [0.2, 0.25) is 10.0 Å². The molecule has 1 aliphatic heterocycles. The van der Waals surface area contributed by atoms with Crippen LogP contribution in [-0.4, -0.2) is 18.9 Å². The first-order chi connectivity index (χ1) is 11.7. The number of hydrogen-bond donors (Lipinski definition) is 1. The van der Waals surface area contributed by atoms with E-state index < -0.39 is 26.6 Å². The molecule has 0 saturated carbocycles. The third-order valence-corrected chi connectivity index (χ3v) is 5.52. The molecule has 0 amide bonds. The van der Waals surface area contributed by atoms with E-state index in [2.05, 4.69) is 4.72 Å². The summed E-state index contributed by atoms with van der Waals surface area (Å²) in [6.45, 7) is 3.80. The second-order valence-corrected chi connectivity index (χ2v) is 8.24. The maximum atomic E-state index is 12.7. The van der Waals surface area contributed by atoms with Crippen molar-refractivity contribution in [1.29, 1.82) is 0 Å². The van der Waals surface area contributed by atoms with Crippen LogP contribution < -0.4 is 9.46 Å². The number of nitro benzene ring substituents is 1. The first kappa shape index (κ1) is 17.4. The molecular formula is C17H18N2O5S. The number of rotatable bonds is 4. The van der Waals surface area contributed by atoms with Gasteiger partial charge in [-0.05, 0) is 32.0 Å². The monoisotopic (exact) mass is 362 g/mol. The number of sulfonamides is 1. The van der Waals surface area contributed by atoms with Gasteiger partial charge in [-0.3, -0.25) is 10.1 Å². The summed E-state index contributed by atoms with van der Waals surface area (Å²) in [5.41, 5.74) is 0.0978. The molecule has 132 valence electrons. The van der Waals surface area contributed by atoms with Crippen molar-refractivity contribution < 1.29 is 18.1 Å². The Hall–Kier alpha value is -2.45. The Morgan fingerprint density at radius 2 is 1.80 bits per heavy atom. The average Bonchev–Trinajstić information content (AvgIpc) is 2.53. The molecule has 0 saturated heterocycles. The topological polar surface area (TPSA) is 98.5 Å². The number of fused-ring (bicyclic) bond motifs is 1. The Kier molecular flexibility index (Phi) is 4.26. The summed E-state index contributed by atoms with van der Waals surface area (Å²) in [6, 6.07) is 11.7. The highest BCUT2D eigenvalue weighted by Crippen LogP contribution is 2.39. The van der Waals surface area contributed by atoms with Gasteiger partial charge in [-0.25, -0.2) is 13.1 Å². The molecule has 3 rings (SSSR count). The van der Waals surface area contributed by atoms with E-state index >= 15 is 0 Å². The predicted molar refractivity (Wildman–Crippen MR) is 91.9 cm³/mol. The van der Waals surface area contributed by atoms with Crippen molar-refractivity contribution in [2.75, 3.05) is 0 Å². The standard InChI is InChI=1S/C17H18N2O5S/c1-17(2)11-15(14-5-3-4-6-16(14)24-17)18-25(22,23)13-9-7-12(8-10-13)19(20)21/h3-10,15,18H,11H2,1-2H3. The molecule has 1 heterocycles. The van der Waals surface area contributed by atoms with Crippen molar-refractivity contribution in [2.45, 2.75) is 36.8 Å². The first-order valence-electron chi connectivity index (χ1n) is 7.73. The van der Waals surface area contributed by atoms with Gasteiger partial charge in [0, 0.05) is 24.1 Å². The minimum atomic E-state index is -3.82. The largest absolute Gasteiger partial charge is 0.487 e. The van der Waals surface area contributed by atoms with Crippen molar-refractivity contribution in [2.24, 2.45) is 0 Å². The number of para-hydroxylation sites is 1. The fraction of sp³-hybridized carbons (Fsp3) is 0.294. The Balaban J connectivity index is 1.91. The van der Waals surface area contributed by atoms with Crippen LogP contribution in [0.4, 0.5) is 5.69 Å². The summed E-state index contributed by atoms with van der Waals surface area (Å²) in [7, 11) is -3.82. The Morgan fingerprint density at radius 3 is 2.44 bits per heavy atom. The van der Waals surface area contributed by atoms with Crippen molar-refractivity contribution in [3.05, 3.63) is 64.2 Å². The van der Waals surface area contributed by atoms with E-state index in [-0.39, 0.29) is 10.6 Å². The van der Waals surface area contributed by atoms with Gasteiger partial charge in [0.15, 0.2) is 0 Å². The van der Waals surface area contributed by atoms with Crippen LogP contribution in [0.1, 0.15) is 31.9 Å². The summed E-state index contributed by atoms with van der Waals surface area (Å²) >= 11 is 0. The number of ether oxygens (including phenoxy) is 1. The summed E-state index contributed by atoms with van der Waals surface area (Å²) in [4.78, 5) is 10.1. The van der Waals surface area contributed by atoms with Crippen LogP contribution in [0.5, 0.6) is 5.75 Å². The van der Waals surface area contributed by atoms with E-state index in [1.165, 1.54) is 24.3 Å². The summed E-state index contributed by atoms with van der Waals surface area (Å²) < 4.78 is 34.0. The number of nitrogens with zero attached hydrogens (tertiary/aromatic N) is 1. The highest BCUT2D eigenvalue weighted by molar-refractivity contribution is 7.89. The lowest BCUT2D eigenvalue weighted by molar-refractivity contribution is -0.384. The third-order valence-electron chi connectivity index (χ3n) is 4.03. The van der Waals surface area contributed by atoms with Crippen LogP contribution in [0.25, 0.3) is 0 Å². The molecule has 0 aliphatic carbocycles. The van der Waals surface area contributed by atoms with Crippen molar-refractivity contribution in [3.8, 4) is 5.75 Å². The van der Waals surface area contributed by atoms with Gasteiger partial charge < -0.3 is 4.74 Å². The van der Waals surface area contributed by atoms with Crippen molar-refractivity contribution in [1.82, 2.24) is 4.72 Å². The summed E-state index contributed by atoms with van der Waals surface area (Å²) in [5, 5.41) is 10.7. The number of benzene rings is 2. The Morgan fingerprint density at radius 1 is 1.16 bits per heavy atom. The number of nitro groups is 1. The van der Waals surface area contributed by atoms with Crippen LogP contribution in [0.15, 0.2) is 53.4 Å². The maximum Gasteiger partial charge on any atom is 0.269 e. The molecule has 0 radical (unpaired) electrons. The van der Waals surface area contributed by atoms with Gasteiger partial charge in [0.1, 0.15) is 11.4 Å². The normalized spacial score (nSPS) is 18.9. The molecule has 25 heavy (non-hydrogen) atoms. The van der Waals surface area contributed by atoms with E-state index in [9.17, 15) is 18.5 Å². The molecular weight excluding hydrogens is 344 g/mol. The zero-order valence-electron chi connectivity index (χ0n) is 13.8. The SMILES string of the molecule is CC1(C)CC(NS(=O)(=O)c2ccc([N+](=O)[O-])cc2)c2ccccc2O1. The minimum absolute atomic E-state index is 0.0140. The lowest BCUT2D eigenvalue weighted by Crippen LogP contribution is -2.41. The number of nitrogens with one attached hydrogen (secondary N) is 1. The van der Waals surface area contributed by atoms with Crippen molar-refractivity contribution in [3.63, 3.8) is 0 Å². The molecule has 1 unspecified atom stereocenters. The second kappa shape index (κ2) is 6.12. The molecule has 2 aromatic carbocycles. The highest BCUT2D eigenvalue weighted by Gasteiger charge is 2.35. The second-order valence-electron chi connectivity index (χ2n) is 6.53. The number of hydrogen-bond acceptors (Lipinski definition) is 5. The molecule has 8 heteroatoms. The lowest BCUT2D eigenvalue weighted by atomic mass is 9.90. The zero-order valence-corrected chi connectivity index (χ0v) is 14.6. The van der Waals surface area contributed by atoms with Crippen molar-refractivity contribution >= 4 is 15.7 Å². The highest BCUT2D eigenvalue weighted by atomic mass is 32.2. The zero-order chi connectivity index (χ0) is 18.2. The van der Waals surface area contributed by atoms with Crippen LogP contribution in [0, 0.1) is 10.1 Å². The first-order valence-corrected chi connectivity index (χ1v) is 9.21. The smallest absolute Gasteiger partial charge is 0.269 e. The van der Waals surface area contributed by atoms with Crippen LogP contribution >= 0.6 is 0 Å². The van der Waals surface area contributed by atoms with Crippen LogP contribution in [0.3, 0.4) is 0 Å². The molecule has 0 aromatic heterocycles. The quantitative estimate of drug-likeness (QED) is 0.665. The van der Waals surface area contributed by atoms with E-state index in [0.29, 0.717) is 12.2 Å². The molecule has 1 aliphatic rings. The van der Waals surface area contributed by atoms with Crippen LogP contribution in [-0.2, 0) is 10.0 Å². The van der Waals surface area contributed by atoms with E-state index in [0.717, 1.165) is 5.56 Å². The fourth-order valence-corrected chi connectivity index (χ4v) is 4.13. The third kappa shape index (κ3) is 3.64. The molecule has 0 spiro atoms. The summed E-state index contributed by atoms with van der Waals surface area (Å²) in [5.74, 6) is 0.648. The molecule has 2 aromatic rings. The van der Waals surface area contributed by atoms with Gasteiger partial charge in [-0.15, -0.1) is 0 Å². The lowest BCUT2D eigenvalue weighted by Gasteiger charge is -2.37.